The van der Waals surface area contributed by atoms with Crippen molar-refractivity contribution >= 4 is 39.1 Å². The molecule has 0 aliphatic heterocycles. The minimum atomic E-state index is -3.79. The summed E-state index contributed by atoms with van der Waals surface area (Å²) in [5.74, 6) is -0.360. The molecule has 0 saturated heterocycles. The van der Waals surface area contributed by atoms with Crippen molar-refractivity contribution in [2.75, 3.05) is 32.7 Å². The van der Waals surface area contributed by atoms with Crippen molar-refractivity contribution in [1.82, 2.24) is 9.62 Å². The normalized spacial score (nSPS) is 12.9. The SMILES string of the molecule is CCN(CC)S(=O)(=O)c1cc(C(=O)NC[C@H](c2ccccc2Cl)[NH+](CC)CC)ccc1Cl. The van der Waals surface area contributed by atoms with Crippen molar-refractivity contribution in [1.29, 1.82) is 0 Å². The van der Waals surface area contributed by atoms with Crippen molar-refractivity contribution in [3.63, 3.8) is 0 Å². The van der Waals surface area contributed by atoms with Crippen LogP contribution in [0.5, 0.6) is 0 Å². The monoisotopic (exact) mass is 500 g/mol. The average Bonchev–Trinajstić information content (AvgIpc) is 2.78. The molecule has 6 nitrogen and oxygen atoms in total. The second-order valence-corrected chi connectivity index (χ2v) is 10.1. The first-order chi connectivity index (χ1) is 15.2. The maximum Gasteiger partial charge on any atom is 0.251 e. The van der Waals surface area contributed by atoms with Gasteiger partial charge in [0.1, 0.15) is 10.9 Å². The first-order valence-corrected chi connectivity index (χ1v) is 13.1. The van der Waals surface area contributed by atoms with Crippen molar-refractivity contribution < 1.29 is 18.1 Å². The minimum absolute atomic E-state index is 0.0335. The number of rotatable bonds is 11. The van der Waals surface area contributed by atoms with Gasteiger partial charge >= 0.3 is 0 Å². The number of likely N-dealkylation sites (N-methyl/N-ethyl adjacent to an activating group) is 1. The number of nitrogens with zero attached hydrogens (tertiary/aromatic N) is 1. The lowest BCUT2D eigenvalue weighted by atomic mass is 10.0. The van der Waals surface area contributed by atoms with Crippen molar-refractivity contribution in [3.8, 4) is 0 Å². The van der Waals surface area contributed by atoms with Gasteiger partial charge in [-0.25, -0.2) is 8.42 Å². The Kier molecular flexibility index (Phi) is 9.98. The minimum Gasteiger partial charge on any atom is -0.346 e. The van der Waals surface area contributed by atoms with Crippen molar-refractivity contribution in [3.05, 3.63) is 63.6 Å². The summed E-state index contributed by atoms with van der Waals surface area (Å²) in [7, 11) is -3.79. The average molecular weight is 502 g/mol. The third-order valence-corrected chi connectivity index (χ3v) is 8.54. The molecule has 0 aromatic heterocycles. The Bertz CT molecular complexity index is 1020. The van der Waals surface area contributed by atoms with Gasteiger partial charge in [0.2, 0.25) is 10.0 Å². The van der Waals surface area contributed by atoms with Crippen LogP contribution in [-0.4, -0.2) is 51.4 Å². The second-order valence-electron chi connectivity index (χ2n) is 7.38. The van der Waals surface area contributed by atoms with Gasteiger partial charge in [0, 0.05) is 29.2 Å². The van der Waals surface area contributed by atoms with E-state index in [0.29, 0.717) is 24.7 Å². The summed E-state index contributed by atoms with van der Waals surface area (Å²) < 4.78 is 27.2. The Morgan fingerprint density at radius 3 is 2.19 bits per heavy atom. The number of halogens is 2. The zero-order valence-corrected chi connectivity index (χ0v) is 21.3. The van der Waals surface area contributed by atoms with E-state index in [1.807, 2.05) is 24.3 Å². The molecule has 2 aromatic carbocycles. The summed E-state index contributed by atoms with van der Waals surface area (Å²) in [4.78, 5) is 14.2. The van der Waals surface area contributed by atoms with E-state index in [-0.39, 0.29) is 27.4 Å². The summed E-state index contributed by atoms with van der Waals surface area (Å²) in [5, 5.41) is 3.71. The topological polar surface area (TPSA) is 70.9 Å². The van der Waals surface area contributed by atoms with Gasteiger partial charge in [-0.15, -0.1) is 0 Å². The Morgan fingerprint density at radius 2 is 1.62 bits per heavy atom. The zero-order valence-electron chi connectivity index (χ0n) is 19.0. The number of benzene rings is 2. The Balaban J connectivity index is 2.31. The molecule has 176 valence electrons. The maximum absolute atomic E-state index is 13.0. The van der Waals surface area contributed by atoms with E-state index in [1.165, 1.54) is 27.4 Å². The van der Waals surface area contributed by atoms with E-state index in [2.05, 4.69) is 19.2 Å². The molecule has 0 fully saturated rings. The number of nitrogens with one attached hydrogen (secondary N) is 2. The van der Waals surface area contributed by atoms with Crippen LogP contribution in [0.25, 0.3) is 0 Å². The number of carbonyl (C=O) groups is 1. The fourth-order valence-electron chi connectivity index (χ4n) is 3.82. The van der Waals surface area contributed by atoms with E-state index in [0.717, 1.165) is 18.7 Å². The summed E-state index contributed by atoms with van der Waals surface area (Å²) in [6.07, 6.45) is 0. The van der Waals surface area contributed by atoms with Crippen LogP contribution < -0.4 is 10.2 Å². The number of carbonyl (C=O) groups excluding carboxylic acids is 1. The first kappa shape index (κ1) is 26.6. The van der Waals surface area contributed by atoms with Crippen LogP contribution in [0.3, 0.4) is 0 Å². The van der Waals surface area contributed by atoms with Gasteiger partial charge in [0.25, 0.3) is 5.91 Å². The first-order valence-electron chi connectivity index (χ1n) is 10.9. The second kappa shape index (κ2) is 12.0. The van der Waals surface area contributed by atoms with Gasteiger partial charge in [-0.05, 0) is 38.1 Å². The molecule has 0 heterocycles. The standard InChI is InChI=1S/C23H31Cl2N3O3S/c1-5-27(6-2)21(18-11-9-10-12-19(18)24)16-26-23(29)17-13-14-20(25)22(15-17)32(30,31)28(7-3)8-4/h9-15,21H,5-8,16H2,1-4H3,(H,26,29)/p+1/t21-/m1/s1. The maximum atomic E-state index is 13.0. The molecule has 2 N–H and O–H groups in total. The molecule has 1 amide bonds. The number of amides is 1. The molecule has 9 heteroatoms. The third-order valence-electron chi connectivity index (χ3n) is 5.67. The highest BCUT2D eigenvalue weighted by Crippen LogP contribution is 2.26. The summed E-state index contributed by atoms with van der Waals surface area (Å²) >= 11 is 12.6. The lowest BCUT2D eigenvalue weighted by Gasteiger charge is -2.28. The van der Waals surface area contributed by atoms with Gasteiger partial charge in [-0.3, -0.25) is 4.79 Å². The van der Waals surface area contributed by atoms with E-state index < -0.39 is 10.0 Å². The van der Waals surface area contributed by atoms with Crippen LogP contribution in [0.4, 0.5) is 0 Å². The molecule has 0 aliphatic rings. The van der Waals surface area contributed by atoms with Crippen LogP contribution in [0.1, 0.15) is 49.7 Å². The Hall–Kier alpha value is -1.64. The Morgan fingerprint density at radius 1 is 1.00 bits per heavy atom. The zero-order chi connectivity index (χ0) is 23.9. The van der Waals surface area contributed by atoms with Crippen LogP contribution in [0.15, 0.2) is 47.4 Å². The molecule has 0 unspecified atom stereocenters. The molecule has 32 heavy (non-hydrogen) atoms. The van der Waals surface area contributed by atoms with Gasteiger partial charge in [-0.2, -0.15) is 4.31 Å². The molecular formula is C23H32Cl2N3O3S+. The third kappa shape index (κ3) is 6.02. The van der Waals surface area contributed by atoms with Crippen LogP contribution in [0.2, 0.25) is 10.0 Å². The summed E-state index contributed by atoms with van der Waals surface area (Å²) in [5.41, 5.74) is 1.21. The number of quaternary nitrogens is 1. The fourth-order valence-corrected chi connectivity index (χ4v) is 6.04. The Labute approximate surface area is 201 Å². The smallest absolute Gasteiger partial charge is 0.251 e. The van der Waals surface area contributed by atoms with E-state index in [1.54, 1.807) is 13.8 Å². The number of hydrogen-bond donors (Lipinski definition) is 2. The van der Waals surface area contributed by atoms with Gasteiger partial charge in [0.05, 0.1) is 24.7 Å². The molecule has 0 aliphatic carbocycles. The van der Waals surface area contributed by atoms with Gasteiger partial charge in [-0.1, -0.05) is 55.2 Å². The molecule has 0 radical (unpaired) electrons. The van der Waals surface area contributed by atoms with Gasteiger partial charge < -0.3 is 10.2 Å². The van der Waals surface area contributed by atoms with E-state index in [4.69, 9.17) is 23.2 Å². The summed E-state index contributed by atoms with van der Waals surface area (Å²) in [6.45, 7) is 10.4. The summed E-state index contributed by atoms with van der Waals surface area (Å²) in [6, 6.07) is 11.9. The predicted molar refractivity (Wildman–Crippen MR) is 130 cm³/mol. The molecule has 1 atom stereocenters. The van der Waals surface area contributed by atoms with Crippen LogP contribution in [0, 0.1) is 0 Å². The van der Waals surface area contributed by atoms with Crippen LogP contribution >= 0.6 is 23.2 Å². The highest BCUT2D eigenvalue weighted by molar-refractivity contribution is 7.89. The largest absolute Gasteiger partial charge is 0.346 e. The number of sulfonamides is 1. The lowest BCUT2D eigenvalue weighted by molar-refractivity contribution is -0.927. The number of hydrogen-bond acceptors (Lipinski definition) is 3. The van der Waals surface area contributed by atoms with Crippen molar-refractivity contribution in [2.24, 2.45) is 0 Å². The molecule has 0 spiro atoms. The molecule has 2 aromatic rings. The predicted octanol–water partition coefficient (Wildman–Crippen LogP) is 3.42. The molecule has 0 bridgehead atoms. The molecular weight excluding hydrogens is 469 g/mol. The quantitative estimate of drug-likeness (QED) is 0.496. The fraction of sp³-hybridized carbons (Fsp3) is 0.435. The highest BCUT2D eigenvalue weighted by Gasteiger charge is 2.27. The highest BCUT2D eigenvalue weighted by atomic mass is 35.5. The molecule has 2 rings (SSSR count). The van der Waals surface area contributed by atoms with Crippen LogP contribution in [-0.2, 0) is 10.0 Å². The van der Waals surface area contributed by atoms with E-state index >= 15 is 0 Å². The van der Waals surface area contributed by atoms with Gasteiger partial charge in [0.15, 0.2) is 0 Å². The molecule has 0 saturated carbocycles. The lowest BCUT2D eigenvalue weighted by Crippen LogP contribution is -3.12. The van der Waals surface area contributed by atoms with E-state index in [9.17, 15) is 13.2 Å². The van der Waals surface area contributed by atoms with Crippen molar-refractivity contribution in [2.45, 2.75) is 38.6 Å².